The maximum Gasteiger partial charge on any atom is 0.0367 e. The molecule has 1 saturated heterocycles. The minimum absolute atomic E-state index is 0.355. The molecule has 1 aromatic carbocycles. The summed E-state index contributed by atoms with van der Waals surface area (Å²) in [5.41, 5.74) is 3.07. The van der Waals surface area contributed by atoms with Crippen molar-refractivity contribution in [3.8, 4) is 0 Å². The van der Waals surface area contributed by atoms with Crippen LogP contribution >= 0.6 is 0 Å². The topological polar surface area (TPSA) is 15.3 Å². The van der Waals surface area contributed by atoms with Crippen LogP contribution in [0.25, 0.3) is 0 Å². The number of aryl methyl sites for hydroxylation is 1. The van der Waals surface area contributed by atoms with Crippen LogP contribution in [0, 0.1) is 18.3 Å². The van der Waals surface area contributed by atoms with Crippen molar-refractivity contribution in [2.75, 3.05) is 24.5 Å². The summed E-state index contributed by atoms with van der Waals surface area (Å²) < 4.78 is 0. The average Bonchev–Trinajstić information content (AvgIpc) is 2.45. The summed E-state index contributed by atoms with van der Waals surface area (Å²) in [6, 6.07) is 9.61. The molecular weight excluding hydrogens is 256 g/mol. The Morgan fingerprint density at radius 3 is 2.38 bits per heavy atom. The molecule has 0 spiro atoms. The van der Waals surface area contributed by atoms with Crippen molar-refractivity contribution in [1.82, 2.24) is 5.32 Å². The van der Waals surface area contributed by atoms with Crippen LogP contribution in [0.3, 0.4) is 0 Å². The van der Waals surface area contributed by atoms with Crippen molar-refractivity contribution in [2.24, 2.45) is 11.3 Å². The zero-order valence-corrected chi connectivity index (χ0v) is 14.4. The molecular formula is C19H32N2. The number of nitrogens with one attached hydrogen (secondary N) is 1. The predicted octanol–water partition coefficient (Wildman–Crippen LogP) is 4.24. The standard InChI is InChI=1S/C19H32N2/c1-6-16-11-17(20-14-19(3,4)5)13-21(12-16)18-9-7-15(2)8-10-18/h7-10,16-17,20H,6,11-14H2,1-5H3. The Balaban J connectivity index is 2.02. The van der Waals surface area contributed by atoms with E-state index in [9.17, 15) is 0 Å². The molecule has 1 aliphatic rings. The van der Waals surface area contributed by atoms with Crippen molar-refractivity contribution >= 4 is 5.69 Å². The molecule has 2 heteroatoms. The first-order chi connectivity index (χ1) is 9.87. The van der Waals surface area contributed by atoms with Gasteiger partial charge in [-0.1, -0.05) is 51.8 Å². The Labute approximate surface area is 130 Å². The van der Waals surface area contributed by atoms with Crippen LogP contribution in [-0.2, 0) is 0 Å². The number of hydrogen-bond donors (Lipinski definition) is 1. The number of nitrogens with zero attached hydrogens (tertiary/aromatic N) is 1. The third kappa shape index (κ3) is 5.03. The van der Waals surface area contributed by atoms with Crippen LogP contribution in [0.5, 0.6) is 0 Å². The molecule has 0 saturated carbocycles. The fourth-order valence-corrected chi connectivity index (χ4v) is 3.06. The van der Waals surface area contributed by atoms with Crippen molar-refractivity contribution in [3.05, 3.63) is 29.8 Å². The summed E-state index contributed by atoms with van der Waals surface area (Å²) in [6.07, 6.45) is 2.59. The van der Waals surface area contributed by atoms with Crippen molar-refractivity contribution in [1.29, 1.82) is 0 Å². The van der Waals surface area contributed by atoms with E-state index in [1.165, 1.54) is 30.6 Å². The van der Waals surface area contributed by atoms with Crippen LogP contribution in [0.15, 0.2) is 24.3 Å². The Bertz CT molecular complexity index is 430. The van der Waals surface area contributed by atoms with E-state index in [0.717, 1.165) is 19.0 Å². The fraction of sp³-hybridized carbons (Fsp3) is 0.684. The largest absolute Gasteiger partial charge is 0.370 e. The van der Waals surface area contributed by atoms with E-state index >= 15 is 0 Å². The van der Waals surface area contributed by atoms with Gasteiger partial charge in [-0.15, -0.1) is 0 Å². The number of piperidine rings is 1. The van der Waals surface area contributed by atoms with Gasteiger partial charge in [0.2, 0.25) is 0 Å². The zero-order valence-electron chi connectivity index (χ0n) is 14.4. The molecule has 21 heavy (non-hydrogen) atoms. The lowest BCUT2D eigenvalue weighted by atomic mass is 9.90. The second-order valence-electron chi connectivity index (χ2n) is 7.89. The molecule has 1 heterocycles. The molecule has 2 rings (SSSR count). The van der Waals surface area contributed by atoms with Crippen LogP contribution in [0.1, 0.15) is 46.1 Å². The third-order valence-corrected chi connectivity index (χ3v) is 4.43. The molecule has 0 radical (unpaired) electrons. The number of anilines is 1. The van der Waals surface area contributed by atoms with Crippen LogP contribution < -0.4 is 10.2 Å². The molecule has 1 fully saturated rings. The number of rotatable bonds is 4. The summed E-state index contributed by atoms with van der Waals surface area (Å²) in [4.78, 5) is 2.57. The van der Waals surface area contributed by atoms with E-state index in [0.29, 0.717) is 11.5 Å². The van der Waals surface area contributed by atoms with E-state index in [-0.39, 0.29) is 0 Å². The normalized spacial score (nSPS) is 23.4. The van der Waals surface area contributed by atoms with E-state index < -0.39 is 0 Å². The summed E-state index contributed by atoms with van der Waals surface area (Å²) in [7, 11) is 0. The Morgan fingerprint density at radius 2 is 1.81 bits per heavy atom. The van der Waals surface area contributed by atoms with Gasteiger partial charge in [0.1, 0.15) is 0 Å². The maximum absolute atomic E-state index is 3.80. The first kappa shape index (κ1) is 16.4. The fourth-order valence-electron chi connectivity index (χ4n) is 3.06. The quantitative estimate of drug-likeness (QED) is 0.891. The lowest BCUT2D eigenvalue weighted by Gasteiger charge is -2.40. The summed E-state index contributed by atoms with van der Waals surface area (Å²) in [5, 5.41) is 3.80. The molecule has 0 aliphatic carbocycles. The number of benzene rings is 1. The Morgan fingerprint density at radius 1 is 1.14 bits per heavy atom. The van der Waals surface area contributed by atoms with Gasteiger partial charge in [-0.05, 0) is 36.8 Å². The highest BCUT2D eigenvalue weighted by Crippen LogP contribution is 2.26. The molecule has 0 aromatic heterocycles. The molecule has 2 atom stereocenters. The monoisotopic (exact) mass is 288 g/mol. The van der Waals surface area contributed by atoms with Crippen LogP contribution in [-0.4, -0.2) is 25.7 Å². The summed E-state index contributed by atoms with van der Waals surface area (Å²) in [6.45, 7) is 14.8. The smallest absolute Gasteiger partial charge is 0.0367 e. The molecule has 118 valence electrons. The number of hydrogen-bond acceptors (Lipinski definition) is 2. The minimum atomic E-state index is 0.355. The van der Waals surface area contributed by atoms with Gasteiger partial charge in [-0.25, -0.2) is 0 Å². The van der Waals surface area contributed by atoms with Gasteiger partial charge in [0.25, 0.3) is 0 Å². The molecule has 0 bridgehead atoms. The SMILES string of the molecule is CCC1CC(NCC(C)(C)C)CN(c2ccc(C)cc2)C1. The first-order valence-electron chi connectivity index (χ1n) is 8.42. The average molecular weight is 288 g/mol. The Kier molecular flexibility index (Phi) is 5.32. The van der Waals surface area contributed by atoms with Crippen molar-refractivity contribution < 1.29 is 0 Å². The highest BCUT2D eigenvalue weighted by Gasteiger charge is 2.27. The van der Waals surface area contributed by atoms with Crippen molar-refractivity contribution in [2.45, 2.75) is 53.5 Å². The van der Waals surface area contributed by atoms with Crippen LogP contribution in [0.2, 0.25) is 0 Å². The van der Waals surface area contributed by atoms with Gasteiger partial charge in [-0.3, -0.25) is 0 Å². The van der Waals surface area contributed by atoms with E-state index in [1.807, 2.05) is 0 Å². The summed E-state index contributed by atoms with van der Waals surface area (Å²) >= 11 is 0. The highest BCUT2D eigenvalue weighted by atomic mass is 15.2. The first-order valence-corrected chi connectivity index (χ1v) is 8.42. The van der Waals surface area contributed by atoms with Gasteiger partial charge >= 0.3 is 0 Å². The van der Waals surface area contributed by atoms with Crippen LogP contribution in [0.4, 0.5) is 5.69 Å². The lowest BCUT2D eigenvalue weighted by molar-refractivity contribution is 0.287. The van der Waals surface area contributed by atoms with Gasteiger partial charge in [-0.2, -0.15) is 0 Å². The molecule has 1 aromatic rings. The van der Waals surface area contributed by atoms with Gasteiger partial charge in [0.05, 0.1) is 0 Å². The van der Waals surface area contributed by atoms with Gasteiger partial charge in [0.15, 0.2) is 0 Å². The van der Waals surface area contributed by atoms with E-state index in [4.69, 9.17) is 0 Å². The molecule has 1 N–H and O–H groups in total. The zero-order chi connectivity index (χ0) is 15.5. The molecule has 1 aliphatic heterocycles. The second-order valence-corrected chi connectivity index (χ2v) is 7.89. The van der Waals surface area contributed by atoms with Crippen molar-refractivity contribution in [3.63, 3.8) is 0 Å². The predicted molar refractivity (Wildman–Crippen MR) is 93.0 cm³/mol. The maximum atomic E-state index is 3.80. The molecule has 2 unspecified atom stereocenters. The minimum Gasteiger partial charge on any atom is -0.370 e. The lowest BCUT2D eigenvalue weighted by Crippen LogP contribution is -2.50. The highest BCUT2D eigenvalue weighted by molar-refractivity contribution is 5.48. The van der Waals surface area contributed by atoms with Gasteiger partial charge < -0.3 is 10.2 Å². The third-order valence-electron chi connectivity index (χ3n) is 4.43. The summed E-state index contributed by atoms with van der Waals surface area (Å²) in [5.74, 6) is 0.803. The van der Waals surface area contributed by atoms with E-state index in [1.54, 1.807) is 0 Å². The van der Waals surface area contributed by atoms with Gasteiger partial charge in [0, 0.05) is 31.4 Å². The molecule has 2 nitrogen and oxygen atoms in total. The Hall–Kier alpha value is -1.02. The molecule has 0 amide bonds. The second kappa shape index (κ2) is 6.83. The van der Waals surface area contributed by atoms with E-state index in [2.05, 4.69) is 69.1 Å².